The van der Waals surface area contributed by atoms with E-state index < -0.39 is 0 Å². The van der Waals surface area contributed by atoms with E-state index in [9.17, 15) is 4.39 Å². The molecular weight excluding hydrogens is 291 g/mol. The number of aromatic amines is 1. The molecule has 2 N–H and O–H groups in total. The number of anilines is 1. The molecule has 0 spiro atoms. The standard InChI is InChI=1S/C16H14ClFN2O/c1-21-16-7-12(18)3-5-14(16)19-8-10-9-20-15-6-11(17)2-4-13(10)15/h2-7,9,19-20H,8H2,1H3. The van der Waals surface area contributed by atoms with Gasteiger partial charge in [0.15, 0.2) is 0 Å². The third kappa shape index (κ3) is 2.81. The van der Waals surface area contributed by atoms with Crippen LogP contribution in [0.2, 0.25) is 5.02 Å². The topological polar surface area (TPSA) is 37.0 Å². The van der Waals surface area contributed by atoms with E-state index in [-0.39, 0.29) is 5.82 Å². The van der Waals surface area contributed by atoms with Crippen molar-refractivity contribution in [2.75, 3.05) is 12.4 Å². The van der Waals surface area contributed by atoms with Gasteiger partial charge in [0.2, 0.25) is 0 Å². The maximum absolute atomic E-state index is 13.2. The van der Waals surface area contributed by atoms with Gasteiger partial charge in [-0.15, -0.1) is 0 Å². The molecule has 0 saturated carbocycles. The van der Waals surface area contributed by atoms with Gasteiger partial charge in [0.25, 0.3) is 0 Å². The molecule has 3 nitrogen and oxygen atoms in total. The van der Waals surface area contributed by atoms with Crippen LogP contribution in [0.25, 0.3) is 10.9 Å². The molecule has 0 aliphatic heterocycles. The normalized spacial score (nSPS) is 10.8. The molecule has 0 bridgehead atoms. The van der Waals surface area contributed by atoms with Crippen LogP contribution in [0.15, 0.2) is 42.6 Å². The number of halogens is 2. The molecule has 0 unspecified atom stereocenters. The van der Waals surface area contributed by atoms with Crippen molar-refractivity contribution in [3.63, 3.8) is 0 Å². The van der Waals surface area contributed by atoms with Crippen LogP contribution in [0.4, 0.5) is 10.1 Å². The highest BCUT2D eigenvalue weighted by atomic mass is 35.5. The minimum atomic E-state index is -0.320. The lowest BCUT2D eigenvalue weighted by Gasteiger charge is -2.10. The average Bonchev–Trinajstić information content (AvgIpc) is 2.88. The summed E-state index contributed by atoms with van der Waals surface area (Å²) >= 11 is 5.97. The maximum atomic E-state index is 13.2. The molecule has 3 aromatic rings. The highest BCUT2D eigenvalue weighted by Crippen LogP contribution is 2.27. The molecule has 0 aliphatic carbocycles. The fourth-order valence-corrected chi connectivity index (χ4v) is 2.48. The van der Waals surface area contributed by atoms with Gasteiger partial charge < -0.3 is 15.0 Å². The first-order valence-electron chi connectivity index (χ1n) is 6.50. The van der Waals surface area contributed by atoms with Gasteiger partial charge in [0, 0.05) is 34.7 Å². The molecule has 21 heavy (non-hydrogen) atoms. The van der Waals surface area contributed by atoms with Crippen LogP contribution >= 0.6 is 11.6 Å². The first-order chi connectivity index (χ1) is 10.2. The van der Waals surface area contributed by atoms with E-state index in [1.54, 1.807) is 6.07 Å². The van der Waals surface area contributed by atoms with Gasteiger partial charge in [-0.2, -0.15) is 0 Å². The summed E-state index contributed by atoms with van der Waals surface area (Å²) in [6.07, 6.45) is 1.93. The quantitative estimate of drug-likeness (QED) is 0.740. The Hall–Kier alpha value is -2.20. The van der Waals surface area contributed by atoms with Crippen molar-refractivity contribution in [3.05, 3.63) is 59.0 Å². The molecule has 1 heterocycles. The summed E-state index contributed by atoms with van der Waals surface area (Å²) in [4.78, 5) is 3.19. The highest BCUT2D eigenvalue weighted by Gasteiger charge is 2.07. The van der Waals surface area contributed by atoms with E-state index in [1.807, 2.05) is 24.4 Å². The lowest BCUT2D eigenvalue weighted by molar-refractivity contribution is 0.413. The Balaban J connectivity index is 1.83. The van der Waals surface area contributed by atoms with Gasteiger partial charge in [-0.25, -0.2) is 4.39 Å². The molecule has 0 saturated heterocycles. The van der Waals surface area contributed by atoms with Crippen LogP contribution in [-0.2, 0) is 6.54 Å². The fraction of sp³-hybridized carbons (Fsp3) is 0.125. The van der Waals surface area contributed by atoms with Gasteiger partial charge in [-0.1, -0.05) is 17.7 Å². The van der Waals surface area contributed by atoms with Crippen molar-refractivity contribution >= 4 is 28.2 Å². The zero-order chi connectivity index (χ0) is 14.8. The second-order valence-electron chi connectivity index (χ2n) is 4.70. The van der Waals surface area contributed by atoms with E-state index in [4.69, 9.17) is 16.3 Å². The van der Waals surface area contributed by atoms with E-state index in [1.165, 1.54) is 19.2 Å². The Labute approximate surface area is 126 Å². The van der Waals surface area contributed by atoms with Gasteiger partial charge in [-0.05, 0) is 29.8 Å². The number of H-pyrrole nitrogens is 1. The molecular formula is C16H14ClFN2O. The van der Waals surface area contributed by atoms with E-state index in [0.29, 0.717) is 17.3 Å². The van der Waals surface area contributed by atoms with Gasteiger partial charge >= 0.3 is 0 Å². The van der Waals surface area contributed by atoms with Crippen molar-refractivity contribution < 1.29 is 9.13 Å². The van der Waals surface area contributed by atoms with Gasteiger partial charge in [0.05, 0.1) is 12.8 Å². The summed E-state index contributed by atoms with van der Waals surface area (Å²) in [6, 6.07) is 10.2. The van der Waals surface area contributed by atoms with Crippen LogP contribution in [0.1, 0.15) is 5.56 Å². The lowest BCUT2D eigenvalue weighted by Crippen LogP contribution is -2.01. The Morgan fingerprint density at radius 3 is 2.90 bits per heavy atom. The first kappa shape index (κ1) is 13.8. The van der Waals surface area contributed by atoms with Crippen LogP contribution in [0.5, 0.6) is 5.75 Å². The smallest absolute Gasteiger partial charge is 0.144 e. The summed E-state index contributed by atoms with van der Waals surface area (Å²) < 4.78 is 18.3. The van der Waals surface area contributed by atoms with Crippen molar-refractivity contribution in [2.24, 2.45) is 0 Å². The molecule has 3 rings (SSSR count). The Morgan fingerprint density at radius 1 is 1.24 bits per heavy atom. The van der Waals surface area contributed by atoms with Crippen LogP contribution in [0, 0.1) is 5.82 Å². The fourth-order valence-electron chi connectivity index (χ4n) is 2.31. The number of methoxy groups -OCH3 is 1. The number of nitrogens with one attached hydrogen (secondary N) is 2. The van der Waals surface area contributed by atoms with E-state index in [0.717, 1.165) is 22.2 Å². The van der Waals surface area contributed by atoms with E-state index in [2.05, 4.69) is 10.3 Å². The van der Waals surface area contributed by atoms with Crippen LogP contribution in [0.3, 0.4) is 0 Å². The van der Waals surface area contributed by atoms with Gasteiger partial charge in [0.1, 0.15) is 11.6 Å². The summed E-state index contributed by atoms with van der Waals surface area (Å²) in [7, 11) is 1.52. The zero-order valence-electron chi connectivity index (χ0n) is 11.4. The Bertz CT molecular complexity index is 785. The molecule has 2 aromatic carbocycles. The van der Waals surface area contributed by atoms with Crippen molar-refractivity contribution in [3.8, 4) is 5.75 Å². The number of hydrogen-bond acceptors (Lipinski definition) is 2. The molecule has 1 aromatic heterocycles. The Morgan fingerprint density at radius 2 is 2.10 bits per heavy atom. The number of rotatable bonds is 4. The summed E-state index contributed by atoms with van der Waals surface area (Å²) in [5.74, 6) is 0.164. The number of aromatic nitrogens is 1. The molecule has 0 atom stereocenters. The first-order valence-corrected chi connectivity index (χ1v) is 6.88. The Kier molecular flexibility index (Phi) is 3.71. The summed E-state index contributed by atoms with van der Waals surface area (Å²) in [5.41, 5.74) is 2.85. The summed E-state index contributed by atoms with van der Waals surface area (Å²) in [5, 5.41) is 5.06. The third-order valence-corrected chi connectivity index (χ3v) is 3.60. The molecule has 0 aliphatic rings. The number of fused-ring (bicyclic) bond motifs is 1. The maximum Gasteiger partial charge on any atom is 0.144 e. The van der Waals surface area contributed by atoms with Crippen LogP contribution < -0.4 is 10.1 Å². The third-order valence-electron chi connectivity index (χ3n) is 3.36. The SMILES string of the molecule is COc1cc(F)ccc1NCc1c[nH]c2cc(Cl)ccc12. The summed E-state index contributed by atoms with van der Waals surface area (Å²) in [6.45, 7) is 0.601. The van der Waals surface area contributed by atoms with Crippen molar-refractivity contribution in [1.29, 1.82) is 0 Å². The second kappa shape index (κ2) is 5.66. The minimum absolute atomic E-state index is 0.320. The zero-order valence-corrected chi connectivity index (χ0v) is 12.2. The molecule has 0 fully saturated rings. The predicted molar refractivity (Wildman–Crippen MR) is 83.6 cm³/mol. The lowest BCUT2D eigenvalue weighted by atomic mass is 10.1. The average molecular weight is 305 g/mol. The largest absolute Gasteiger partial charge is 0.494 e. The van der Waals surface area contributed by atoms with Crippen LogP contribution in [-0.4, -0.2) is 12.1 Å². The van der Waals surface area contributed by atoms with Crippen molar-refractivity contribution in [2.45, 2.75) is 6.54 Å². The highest BCUT2D eigenvalue weighted by molar-refractivity contribution is 6.31. The van der Waals surface area contributed by atoms with Gasteiger partial charge in [-0.3, -0.25) is 0 Å². The van der Waals surface area contributed by atoms with E-state index >= 15 is 0 Å². The predicted octanol–water partition coefficient (Wildman–Crippen LogP) is 4.58. The second-order valence-corrected chi connectivity index (χ2v) is 5.14. The van der Waals surface area contributed by atoms with Crippen molar-refractivity contribution in [1.82, 2.24) is 4.98 Å². The minimum Gasteiger partial charge on any atom is -0.494 e. The monoisotopic (exact) mass is 304 g/mol. The molecule has 0 radical (unpaired) electrons. The molecule has 5 heteroatoms. The molecule has 0 amide bonds. The number of benzene rings is 2. The molecule has 108 valence electrons. The number of hydrogen-bond donors (Lipinski definition) is 2. The number of ether oxygens (including phenoxy) is 1.